The predicted octanol–water partition coefficient (Wildman–Crippen LogP) is 3.57. The van der Waals surface area contributed by atoms with Gasteiger partial charge < -0.3 is 5.32 Å². The SMILES string of the molecule is Fc1ccc(F)c(C2NCCCC2C(F)(F)F)c1. The van der Waals surface area contributed by atoms with Gasteiger partial charge in [0.15, 0.2) is 0 Å². The zero-order chi connectivity index (χ0) is 13.3. The van der Waals surface area contributed by atoms with Gasteiger partial charge in [-0.1, -0.05) is 0 Å². The van der Waals surface area contributed by atoms with Gasteiger partial charge in [-0.25, -0.2) is 8.78 Å². The van der Waals surface area contributed by atoms with E-state index in [9.17, 15) is 22.0 Å². The molecule has 0 aliphatic carbocycles. The smallest absolute Gasteiger partial charge is 0.309 e. The molecule has 1 nitrogen and oxygen atoms in total. The maximum atomic E-state index is 13.5. The summed E-state index contributed by atoms with van der Waals surface area (Å²) in [5, 5.41) is 2.63. The Morgan fingerprint density at radius 2 is 1.89 bits per heavy atom. The van der Waals surface area contributed by atoms with Gasteiger partial charge in [-0.15, -0.1) is 0 Å². The van der Waals surface area contributed by atoms with Crippen LogP contribution in [0.5, 0.6) is 0 Å². The number of halogens is 5. The number of nitrogens with one attached hydrogen (secondary N) is 1. The number of hydrogen-bond donors (Lipinski definition) is 1. The number of piperidine rings is 1. The minimum Gasteiger partial charge on any atom is -0.309 e. The van der Waals surface area contributed by atoms with Gasteiger partial charge >= 0.3 is 6.18 Å². The van der Waals surface area contributed by atoms with Crippen LogP contribution < -0.4 is 5.32 Å². The molecule has 1 aromatic rings. The molecule has 2 rings (SSSR count). The fourth-order valence-corrected chi connectivity index (χ4v) is 2.32. The van der Waals surface area contributed by atoms with Gasteiger partial charge in [0.2, 0.25) is 0 Å². The standard InChI is InChI=1S/C12H12F5N/c13-7-3-4-10(14)8(6-7)11-9(12(15,16)17)2-1-5-18-11/h3-4,6,9,11,18H,1-2,5H2. The predicted molar refractivity (Wildman–Crippen MR) is 55.9 cm³/mol. The van der Waals surface area contributed by atoms with Gasteiger partial charge in [-0.05, 0) is 37.6 Å². The van der Waals surface area contributed by atoms with E-state index in [2.05, 4.69) is 5.32 Å². The lowest BCUT2D eigenvalue weighted by atomic mass is 9.85. The maximum Gasteiger partial charge on any atom is 0.393 e. The molecule has 0 spiro atoms. The van der Waals surface area contributed by atoms with Crippen molar-refractivity contribution in [2.24, 2.45) is 5.92 Å². The Hall–Kier alpha value is -1.17. The average molecular weight is 265 g/mol. The molecule has 1 N–H and O–H groups in total. The van der Waals surface area contributed by atoms with Gasteiger partial charge in [-0.3, -0.25) is 0 Å². The molecule has 0 radical (unpaired) electrons. The summed E-state index contributed by atoms with van der Waals surface area (Å²) in [4.78, 5) is 0. The van der Waals surface area contributed by atoms with Crippen LogP contribution in [-0.2, 0) is 0 Å². The van der Waals surface area contributed by atoms with Crippen LogP contribution in [0.1, 0.15) is 24.4 Å². The summed E-state index contributed by atoms with van der Waals surface area (Å²) in [5.74, 6) is -3.23. The maximum absolute atomic E-state index is 13.5. The molecule has 1 saturated heterocycles. The molecule has 1 heterocycles. The first-order chi connectivity index (χ1) is 8.39. The Kier molecular flexibility index (Phi) is 3.56. The molecule has 0 saturated carbocycles. The second-order valence-electron chi connectivity index (χ2n) is 4.39. The number of benzene rings is 1. The summed E-state index contributed by atoms with van der Waals surface area (Å²) in [6.45, 7) is 0.368. The van der Waals surface area contributed by atoms with Crippen LogP contribution in [0.3, 0.4) is 0 Å². The van der Waals surface area contributed by atoms with Crippen LogP contribution in [0.4, 0.5) is 22.0 Å². The first-order valence-electron chi connectivity index (χ1n) is 5.64. The molecule has 100 valence electrons. The normalized spacial score (nSPS) is 25.2. The van der Waals surface area contributed by atoms with E-state index < -0.39 is 29.8 Å². The number of alkyl halides is 3. The molecule has 1 fully saturated rings. The Morgan fingerprint density at radius 1 is 1.17 bits per heavy atom. The van der Waals surface area contributed by atoms with Gasteiger partial charge in [0.1, 0.15) is 11.6 Å². The summed E-state index contributed by atoms with van der Waals surface area (Å²) in [5.41, 5.74) is -0.253. The van der Waals surface area contributed by atoms with Crippen molar-refractivity contribution in [3.63, 3.8) is 0 Å². The van der Waals surface area contributed by atoms with Gasteiger partial charge in [0, 0.05) is 11.6 Å². The topological polar surface area (TPSA) is 12.0 Å². The van der Waals surface area contributed by atoms with E-state index in [1.807, 2.05) is 0 Å². The Balaban J connectivity index is 2.37. The van der Waals surface area contributed by atoms with Crippen LogP contribution in [0.15, 0.2) is 18.2 Å². The number of hydrogen-bond acceptors (Lipinski definition) is 1. The van der Waals surface area contributed by atoms with E-state index >= 15 is 0 Å². The zero-order valence-corrected chi connectivity index (χ0v) is 9.40. The largest absolute Gasteiger partial charge is 0.393 e. The summed E-state index contributed by atoms with van der Waals surface area (Å²) >= 11 is 0. The molecular formula is C12H12F5N. The minimum atomic E-state index is -4.42. The Bertz CT molecular complexity index is 429. The molecule has 0 amide bonds. The summed E-state index contributed by atoms with van der Waals surface area (Å²) in [7, 11) is 0. The monoisotopic (exact) mass is 265 g/mol. The van der Waals surface area contributed by atoms with Gasteiger partial charge in [0.25, 0.3) is 0 Å². The third-order valence-electron chi connectivity index (χ3n) is 3.17. The molecule has 1 aliphatic rings. The third-order valence-corrected chi connectivity index (χ3v) is 3.17. The fraction of sp³-hybridized carbons (Fsp3) is 0.500. The molecule has 0 bridgehead atoms. The molecule has 6 heteroatoms. The lowest BCUT2D eigenvalue weighted by Gasteiger charge is -2.34. The van der Waals surface area contributed by atoms with Crippen molar-refractivity contribution in [1.29, 1.82) is 0 Å². The average Bonchev–Trinajstić information content (AvgIpc) is 2.31. The molecule has 18 heavy (non-hydrogen) atoms. The molecule has 0 aromatic heterocycles. The van der Waals surface area contributed by atoms with Crippen molar-refractivity contribution in [3.8, 4) is 0 Å². The highest BCUT2D eigenvalue weighted by molar-refractivity contribution is 5.24. The highest BCUT2D eigenvalue weighted by atomic mass is 19.4. The lowest BCUT2D eigenvalue weighted by Crippen LogP contribution is -2.42. The van der Waals surface area contributed by atoms with E-state index in [-0.39, 0.29) is 12.0 Å². The molecule has 1 aromatic carbocycles. The molecule has 2 unspecified atom stereocenters. The quantitative estimate of drug-likeness (QED) is 0.765. The lowest BCUT2D eigenvalue weighted by molar-refractivity contribution is -0.189. The number of rotatable bonds is 1. The van der Waals surface area contributed by atoms with Crippen LogP contribution >= 0.6 is 0 Å². The van der Waals surface area contributed by atoms with E-state index in [0.717, 1.165) is 18.2 Å². The Morgan fingerprint density at radius 3 is 2.56 bits per heavy atom. The fourth-order valence-electron chi connectivity index (χ4n) is 2.32. The van der Waals surface area contributed by atoms with Crippen molar-refractivity contribution in [2.75, 3.05) is 6.54 Å². The van der Waals surface area contributed by atoms with E-state index in [1.165, 1.54) is 0 Å². The van der Waals surface area contributed by atoms with Crippen LogP contribution in [0.2, 0.25) is 0 Å². The molecular weight excluding hydrogens is 253 g/mol. The Labute approximate surface area is 101 Å². The van der Waals surface area contributed by atoms with E-state index in [4.69, 9.17) is 0 Å². The third kappa shape index (κ3) is 2.63. The van der Waals surface area contributed by atoms with Gasteiger partial charge in [0.05, 0.1) is 5.92 Å². The second-order valence-corrected chi connectivity index (χ2v) is 4.39. The van der Waals surface area contributed by atoms with Crippen molar-refractivity contribution in [1.82, 2.24) is 5.32 Å². The summed E-state index contributed by atoms with van der Waals surface area (Å²) in [6.07, 6.45) is -4.12. The van der Waals surface area contributed by atoms with Gasteiger partial charge in [-0.2, -0.15) is 13.2 Å². The highest BCUT2D eigenvalue weighted by Crippen LogP contribution is 2.41. The molecule has 1 aliphatic heterocycles. The van der Waals surface area contributed by atoms with E-state index in [1.54, 1.807) is 0 Å². The van der Waals surface area contributed by atoms with Crippen LogP contribution in [0.25, 0.3) is 0 Å². The molecule has 2 atom stereocenters. The van der Waals surface area contributed by atoms with E-state index in [0.29, 0.717) is 13.0 Å². The van der Waals surface area contributed by atoms with Crippen molar-refractivity contribution in [3.05, 3.63) is 35.4 Å². The first-order valence-corrected chi connectivity index (χ1v) is 5.64. The summed E-state index contributed by atoms with van der Waals surface area (Å²) < 4.78 is 65.2. The van der Waals surface area contributed by atoms with Crippen molar-refractivity contribution >= 4 is 0 Å². The van der Waals surface area contributed by atoms with Crippen molar-refractivity contribution in [2.45, 2.75) is 25.1 Å². The second kappa shape index (κ2) is 4.84. The van der Waals surface area contributed by atoms with Crippen LogP contribution in [0, 0.1) is 17.6 Å². The van der Waals surface area contributed by atoms with Crippen molar-refractivity contribution < 1.29 is 22.0 Å². The first kappa shape index (κ1) is 13.3. The summed E-state index contributed by atoms with van der Waals surface area (Å²) in [6, 6.07) is 1.37. The minimum absolute atomic E-state index is 0.0723. The zero-order valence-electron chi connectivity index (χ0n) is 9.40. The highest BCUT2D eigenvalue weighted by Gasteiger charge is 2.46. The van der Waals surface area contributed by atoms with Crippen LogP contribution in [-0.4, -0.2) is 12.7 Å².